The molecule has 0 heterocycles. The lowest BCUT2D eigenvalue weighted by Gasteiger charge is -1.94. The summed E-state index contributed by atoms with van der Waals surface area (Å²) >= 11 is 0. The summed E-state index contributed by atoms with van der Waals surface area (Å²) in [5, 5.41) is 8.97. The normalized spacial score (nSPS) is 8.88. The number of halogens is 4. The quantitative estimate of drug-likeness (QED) is 0.131. The molecule has 0 aromatic carbocycles. The Morgan fingerprint density at radius 1 is 1.25 bits per heavy atom. The van der Waals surface area contributed by atoms with Gasteiger partial charge in [-0.25, -0.2) is 0 Å². The summed E-state index contributed by atoms with van der Waals surface area (Å²) < 4.78 is 39.0. The van der Waals surface area contributed by atoms with E-state index in [1.165, 1.54) is 0 Å². The van der Waals surface area contributed by atoms with Gasteiger partial charge in [-0.15, -0.1) is 0 Å². The van der Waals surface area contributed by atoms with Gasteiger partial charge in [0.05, 0.1) is 0 Å². The van der Waals surface area contributed by atoms with Crippen molar-refractivity contribution < 1.29 is 22.5 Å². The average Bonchev–Trinajstić information content (AvgIpc) is 1.27. The number of rotatable bonds is 0. The minimum absolute atomic E-state index is 2.00. The third-order valence-corrected chi connectivity index (χ3v) is 0. The standard InChI is InChI=1S/CHNO.BF4/c1-2-3;2-1(3,4)5/h1H;/q;-1/p+1. The van der Waals surface area contributed by atoms with Crippen molar-refractivity contribution in [2.75, 3.05) is 0 Å². The highest BCUT2D eigenvalue weighted by Crippen LogP contribution is 2.06. The molecule has 0 aliphatic carbocycles. The monoisotopic (exact) mass is 131 g/mol. The summed E-state index contributed by atoms with van der Waals surface area (Å²) in [5.41, 5.74) is 0. The molecule has 0 unspecified atom stereocenters. The van der Waals surface area contributed by atoms with E-state index < -0.39 is 7.25 Å². The van der Waals surface area contributed by atoms with Gasteiger partial charge < -0.3 is 22.5 Å². The molecule has 7 heteroatoms. The zero-order valence-electron chi connectivity index (χ0n) is 3.56. The first-order valence-corrected chi connectivity index (χ1v) is 1.33. The van der Waals surface area contributed by atoms with Gasteiger partial charge in [0, 0.05) is 0 Å². The molecule has 0 amide bonds. The molecule has 0 aliphatic rings. The van der Waals surface area contributed by atoms with Gasteiger partial charge >= 0.3 is 14.0 Å². The lowest BCUT2D eigenvalue weighted by molar-refractivity contribution is 0.323. The van der Waals surface area contributed by atoms with Crippen molar-refractivity contribution in [3.63, 3.8) is 0 Å². The van der Waals surface area contributed by atoms with Crippen LogP contribution in [0.3, 0.4) is 0 Å². The van der Waals surface area contributed by atoms with Crippen molar-refractivity contribution in [2.45, 2.75) is 0 Å². The Hall–Kier alpha value is -0.835. The molecule has 48 valence electrons. The lowest BCUT2D eigenvalue weighted by atomic mass is 10.3. The van der Waals surface area contributed by atoms with Gasteiger partial charge in [-0.2, -0.15) is 0 Å². The third kappa shape index (κ3) is 128. The maximum Gasteiger partial charge on any atom is 0.673 e. The lowest BCUT2D eigenvalue weighted by Crippen LogP contribution is -2.02. The van der Waals surface area contributed by atoms with Gasteiger partial charge in [0.1, 0.15) is 0 Å². The molecule has 8 heavy (non-hydrogen) atoms. The van der Waals surface area contributed by atoms with Gasteiger partial charge in [-0.3, -0.25) is 0 Å². The third-order valence-electron chi connectivity index (χ3n) is 0. The Balaban J connectivity index is 0. The zero-order chi connectivity index (χ0) is 7.21. The largest absolute Gasteiger partial charge is 0.673 e. The topological polar surface area (TPSA) is 32.6 Å². The number of nitrogens with zero attached hydrogens (tertiary/aromatic N) is 1. The minimum atomic E-state index is -6.00. The fourth-order valence-corrected chi connectivity index (χ4v) is 0. The smallest absolute Gasteiger partial charge is 0.418 e. The molecule has 0 radical (unpaired) electrons. The van der Waals surface area contributed by atoms with Crippen LogP contribution in [-0.4, -0.2) is 19.2 Å². The molecule has 0 aromatic heterocycles. The van der Waals surface area contributed by atoms with Crippen LogP contribution in [0.25, 0.3) is 0 Å². The van der Waals surface area contributed by atoms with E-state index in [9.17, 15) is 17.3 Å². The van der Waals surface area contributed by atoms with Gasteiger partial charge in [-0.1, -0.05) is 0 Å². The van der Waals surface area contributed by atoms with E-state index in [0.717, 1.165) is 0 Å². The fourth-order valence-electron chi connectivity index (χ4n) is 0. The molecular formula is CH2BF4NO. The van der Waals surface area contributed by atoms with Crippen LogP contribution in [-0.2, 0) is 0 Å². The Kier molecular flexibility index (Phi) is 5.52. The van der Waals surface area contributed by atoms with E-state index in [1.54, 1.807) is 0 Å². The maximum absolute atomic E-state index is 9.75. The number of hydrogen-bond donors (Lipinski definition) is 1. The highest BCUT2D eigenvalue weighted by atomic mass is 19.5. The molecule has 0 saturated heterocycles. The Morgan fingerprint density at radius 3 is 1.25 bits per heavy atom. The van der Waals surface area contributed by atoms with Crippen molar-refractivity contribution in [2.24, 2.45) is 5.16 Å². The highest BCUT2D eigenvalue weighted by molar-refractivity contribution is 6.50. The van der Waals surface area contributed by atoms with Crippen LogP contribution in [0.1, 0.15) is 0 Å². The molecule has 0 saturated carbocycles. The Morgan fingerprint density at radius 2 is 1.25 bits per heavy atom. The summed E-state index contributed by atoms with van der Waals surface area (Å²) in [4.78, 5) is 0. The van der Waals surface area contributed by atoms with E-state index in [-0.39, 0.29) is 0 Å². The summed E-state index contributed by atoms with van der Waals surface area (Å²) in [5.74, 6) is 0. The second-order valence-corrected chi connectivity index (χ2v) is 0.610. The molecule has 0 bridgehead atoms. The predicted molar refractivity (Wildman–Crippen MR) is 20.5 cm³/mol. The minimum Gasteiger partial charge on any atom is -0.418 e. The first-order chi connectivity index (χ1) is 3.41. The van der Waals surface area contributed by atoms with Crippen LogP contribution in [0, 0.1) is 0 Å². The van der Waals surface area contributed by atoms with Gasteiger partial charge in [-0.05, 0) is 0 Å². The molecule has 0 aliphatic heterocycles. The molecule has 1 N–H and O–H groups in total. The predicted octanol–water partition coefficient (Wildman–Crippen LogP) is 1.25. The first-order valence-electron chi connectivity index (χ1n) is 1.33. The van der Waals surface area contributed by atoms with Crippen LogP contribution < -0.4 is 0 Å². The van der Waals surface area contributed by atoms with Crippen molar-refractivity contribution >= 4 is 14.0 Å². The van der Waals surface area contributed by atoms with Crippen molar-refractivity contribution in [3.8, 4) is 0 Å². The van der Waals surface area contributed by atoms with Crippen LogP contribution >= 0.6 is 0 Å². The van der Waals surface area contributed by atoms with E-state index >= 15 is 0 Å². The molecule has 0 aromatic rings. The second-order valence-electron chi connectivity index (χ2n) is 0.610. The van der Waals surface area contributed by atoms with E-state index in [2.05, 4.69) is 6.72 Å². The van der Waals surface area contributed by atoms with Crippen LogP contribution in [0.4, 0.5) is 17.3 Å². The molecule has 0 spiro atoms. The van der Waals surface area contributed by atoms with E-state index in [4.69, 9.17) is 5.21 Å². The summed E-state index contributed by atoms with van der Waals surface area (Å²) in [6.07, 6.45) is 0. The van der Waals surface area contributed by atoms with Crippen LogP contribution in [0.2, 0.25) is 0 Å². The van der Waals surface area contributed by atoms with Crippen LogP contribution in [0.15, 0.2) is 5.16 Å². The van der Waals surface area contributed by atoms with Gasteiger partial charge in [0.25, 0.3) is 0 Å². The van der Waals surface area contributed by atoms with E-state index in [0.29, 0.717) is 0 Å². The average molecular weight is 131 g/mol. The molecule has 0 fully saturated rings. The van der Waals surface area contributed by atoms with Crippen LogP contribution in [0.5, 0.6) is 0 Å². The Labute approximate surface area is 42.9 Å². The summed E-state index contributed by atoms with van der Waals surface area (Å²) in [6.45, 7) is 4.03. The molecule has 0 atom stereocenters. The number of hydrogen-bond acceptors (Lipinski definition) is 2. The molecular weight excluding hydrogens is 129 g/mol. The van der Waals surface area contributed by atoms with Crippen molar-refractivity contribution in [3.05, 3.63) is 0 Å². The second kappa shape index (κ2) is 4.33. The highest BCUT2D eigenvalue weighted by Gasteiger charge is 2.20. The fraction of sp³-hybridized carbons (Fsp3) is 0. The van der Waals surface area contributed by atoms with Crippen molar-refractivity contribution in [1.29, 1.82) is 0 Å². The van der Waals surface area contributed by atoms with E-state index in [1.807, 2.05) is 5.16 Å². The summed E-state index contributed by atoms with van der Waals surface area (Å²) in [7, 11) is -6.00. The first kappa shape index (κ1) is 10.2. The SMILES string of the molecule is F[B-](F)(F)F.[CH+]=NO. The Bertz CT molecular complexity index is 55.5. The molecule has 2 nitrogen and oxygen atoms in total. The molecule has 0 rings (SSSR count). The summed E-state index contributed by atoms with van der Waals surface area (Å²) in [6, 6.07) is 0. The van der Waals surface area contributed by atoms with Gasteiger partial charge in [0.2, 0.25) is 0 Å². The maximum atomic E-state index is 9.75. The van der Waals surface area contributed by atoms with Crippen molar-refractivity contribution in [1.82, 2.24) is 0 Å². The zero-order valence-corrected chi connectivity index (χ0v) is 3.56. The van der Waals surface area contributed by atoms with Gasteiger partial charge in [0.15, 0.2) is 5.16 Å².